The van der Waals surface area contributed by atoms with E-state index in [0.29, 0.717) is 50.8 Å². The van der Waals surface area contributed by atoms with Crippen LogP contribution in [0.25, 0.3) is 10.9 Å². The number of nitrogens with one attached hydrogen (secondary N) is 4. The number of para-hydroxylation sites is 1. The van der Waals surface area contributed by atoms with E-state index in [1.165, 1.54) is 12.1 Å². The molecule has 4 unspecified atom stereocenters. The van der Waals surface area contributed by atoms with E-state index < -0.39 is 47.9 Å². The SMILES string of the molecule is NCCCCC(N)C(=O)NC(Cc1c[nH]c2ccccc12)C(=O)NC(Cc1ccc(O)cc1)C(=O)NC(CCCCN)C(=O)O. The molecule has 2 aromatic carbocycles. The van der Waals surface area contributed by atoms with Crippen LogP contribution in [0.15, 0.2) is 54.7 Å². The van der Waals surface area contributed by atoms with E-state index in [1.807, 2.05) is 24.3 Å². The van der Waals surface area contributed by atoms with Crippen molar-refractivity contribution in [3.05, 3.63) is 65.9 Å². The van der Waals surface area contributed by atoms with Crippen molar-refractivity contribution in [3.8, 4) is 5.75 Å². The summed E-state index contributed by atoms with van der Waals surface area (Å²) < 4.78 is 0. The molecule has 0 aliphatic heterocycles. The lowest BCUT2D eigenvalue weighted by molar-refractivity contribution is -0.142. The summed E-state index contributed by atoms with van der Waals surface area (Å²) in [6.45, 7) is 0.861. The minimum absolute atomic E-state index is 0.000648. The number of aromatic hydroxyl groups is 1. The zero-order chi connectivity index (χ0) is 32.8. The Morgan fingerprint density at radius 1 is 0.733 bits per heavy atom. The summed E-state index contributed by atoms with van der Waals surface area (Å²) in [5, 5.41) is 28.4. The first-order valence-electron chi connectivity index (χ1n) is 15.3. The number of aromatic amines is 1. The van der Waals surface area contributed by atoms with Gasteiger partial charge in [0, 0.05) is 29.9 Å². The van der Waals surface area contributed by atoms with Crippen LogP contribution < -0.4 is 33.2 Å². The van der Waals surface area contributed by atoms with E-state index in [0.717, 1.165) is 16.5 Å². The molecular formula is C32H45N7O6. The molecule has 0 aliphatic rings. The number of aromatic nitrogens is 1. The number of benzene rings is 2. The van der Waals surface area contributed by atoms with E-state index in [4.69, 9.17) is 17.2 Å². The maximum Gasteiger partial charge on any atom is 0.326 e. The number of unbranched alkanes of at least 4 members (excludes halogenated alkanes) is 2. The minimum Gasteiger partial charge on any atom is -0.508 e. The third-order valence-corrected chi connectivity index (χ3v) is 7.61. The van der Waals surface area contributed by atoms with Gasteiger partial charge in [-0.15, -0.1) is 0 Å². The Bertz CT molecular complexity index is 1410. The van der Waals surface area contributed by atoms with Crippen LogP contribution in [0, 0.1) is 0 Å². The number of hydrogen-bond acceptors (Lipinski definition) is 8. The molecule has 3 rings (SSSR count). The molecular weight excluding hydrogens is 578 g/mol. The van der Waals surface area contributed by atoms with E-state index in [1.54, 1.807) is 18.3 Å². The number of carbonyl (C=O) groups excluding carboxylic acids is 3. The van der Waals surface area contributed by atoms with E-state index in [-0.39, 0.29) is 25.0 Å². The van der Waals surface area contributed by atoms with Crippen molar-refractivity contribution in [2.45, 2.75) is 75.5 Å². The maximum absolute atomic E-state index is 13.9. The highest BCUT2D eigenvalue weighted by molar-refractivity contribution is 5.95. The zero-order valence-electron chi connectivity index (χ0n) is 25.3. The van der Waals surface area contributed by atoms with Gasteiger partial charge in [-0.3, -0.25) is 14.4 Å². The fourth-order valence-corrected chi connectivity index (χ4v) is 5.02. The Morgan fingerprint density at radius 3 is 1.96 bits per heavy atom. The molecule has 13 nitrogen and oxygen atoms in total. The monoisotopic (exact) mass is 623 g/mol. The van der Waals surface area contributed by atoms with Crippen LogP contribution in [0.2, 0.25) is 0 Å². The van der Waals surface area contributed by atoms with Crippen LogP contribution in [-0.2, 0) is 32.0 Å². The highest BCUT2D eigenvalue weighted by Gasteiger charge is 2.31. The molecule has 3 aromatic rings. The van der Waals surface area contributed by atoms with Crippen molar-refractivity contribution < 1.29 is 29.4 Å². The summed E-state index contributed by atoms with van der Waals surface area (Å²) in [4.78, 5) is 55.5. The van der Waals surface area contributed by atoms with Gasteiger partial charge in [0.15, 0.2) is 0 Å². The van der Waals surface area contributed by atoms with Gasteiger partial charge in [0.05, 0.1) is 6.04 Å². The summed E-state index contributed by atoms with van der Waals surface area (Å²) >= 11 is 0. The Labute approximate surface area is 262 Å². The number of hydrogen-bond donors (Lipinski definition) is 9. The van der Waals surface area contributed by atoms with E-state index in [9.17, 15) is 29.4 Å². The van der Waals surface area contributed by atoms with Crippen LogP contribution in [-0.4, -0.2) is 76.1 Å². The molecule has 0 aliphatic carbocycles. The molecule has 12 N–H and O–H groups in total. The van der Waals surface area contributed by atoms with Crippen molar-refractivity contribution >= 4 is 34.6 Å². The average Bonchev–Trinajstić information content (AvgIpc) is 3.43. The summed E-state index contributed by atoms with van der Waals surface area (Å²) in [5.41, 5.74) is 19.5. The standard InChI is InChI=1S/C32H45N7O6/c33-15-5-3-8-24(35)29(41)38-28(18-21-19-36-25-9-2-1-7-23(21)25)31(43)39-27(17-20-11-13-22(40)14-12-20)30(42)37-26(32(44)45)10-4-6-16-34/h1-2,7,9,11-14,19,24,26-28,36,40H,3-6,8,10,15-18,33-35H2,(H,37,42)(H,38,41)(H,39,43)(H,44,45). The molecule has 1 aromatic heterocycles. The highest BCUT2D eigenvalue weighted by Crippen LogP contribution is 2.20. The summed E-state index contributed by atoms with van der Waals surface area (Å²) in [5.74, 6) is -3.04. The molecule has 0 saturated heterocycles. The second-order valence-corrected chi connectivity index (χ2v) is 11.1. The van der Waals surface area contributed by atoms with Gasteiger partial charge in [-0.1, -0.05) is 36.8 Å². The number of nitrogens with two attached hydrogens (primary N) is 3. The Hall–Kier alpha value is -4.46. The van der Waals surface area contributed by atoms with E-state index >= 15 is 0 Å². The predicted octanol–water partition coefficient (Wildman–Crippen LogP) is 0.783. The number of carboxylic acids is 1. The lowest BCUT2D eigenvalue weighted by Gasteiger charge is -2.25. The predicted molar refractivity (Wildman–Crippen MR) is 171 cm³/mol. The van der Waals surface area contributed by atoms with Gasteiger partial charge in [0.25, 0.3) is 0 Å². The fraction of sp³-hybridized carbons (Fsp3) is 0.438. The van der Waals surface area contributed by atoms with Crippen LogP contribution in [0.4, 0.5) is 0 Å². The number of carbonyl (C=O) groups is 4. The third-order valence-electron chi connectivity index (χ3n) is 7.61. The zero-order valence-corrected chi connectivity index (χ0v) is 25.3. The van der Waals surface area contributed by atoms with Gasteiger partial charge in [-0.05, 0) is 74.5 Å². The van der Waals surface area contributed by atoms with Crippen LogP contribution >= 0.6 is 0 Å². The normalized spacial score (nSPS) is 13.8. The molecule has 0 spiro atoms. The van der Waals surface area contributed by atoms with E-state index in [2.05, 4.69) is 20.9 Å². The quantitative estimate of drug-likeness (QED) is 0.0856. The first-order valence-corrected chi connectivity index (χ1v) is 15.3. The van der Waals surface area contributed by atoms with Crippen LogP contribution in [0.3, 0.4) is 0 Å². The molecule has 0 bridgehead atoms. The van der Waals surface area contributed by atoms with Crippen molar-refractivity contribution in [1.82, 2.24) is 20.9 Å². The number of carboxylic acid groups (broad SMARTS) is 1. The lowest BCUT2D eigenvalue weighted by atomic mass is 10.0. The fourth-order valence-electron chi connectivity index (χ4n) is 5.02. The summed E-state index contributed by atoms with van der Waals surface area (Å²) in [7, 11) is 0. The smallest absolute Gasteiger partial charge is 0.326 e. The largest absolute Gasteiger partial charge is 0.508 e. The molecule has 3 amide bonds. The summed E-state index contributed by atoms with van der Waals surface area (Å²) in [6.07, 6.45) is 4.85. The number of aliphatic carboxylic acids is 1. The number of amides is 3. The number of phenolic OH excluding ortho intramolecular Hbond substituents is 1. The number of phenols is 1. The topological polar surface area (TPSA) is 239 Å². The Kier molecular flexibility index (Phi) is 13.8. The van der Waals surface area contributed by atoms with Gasteiger partial charge < -0.3 is 48.3 Å². The van der Waals surface area contributed by atoms with Crippen molar-refractivity contribution in [2.75, 3.05) is 13.1 Å². The molecule has 244 valence electrons. The molecule has 13 heteroatoms. The number of fused-ring (bicyclic) bond motifs is 1. The summed E-state index contributed by atoms with van der Waals surface area (Å²) in [6, 6.07) is 9.28. The van der Waals surface area contributed by atoms with Crippen molar-refractivity contribution in [3.63, 3.8) is 0 Å². The number of rotatable bonds is 19. The van der Waals surface area contributed by atoms with Crippen molar-refractivity contribution in [2.24, 2.45) is 17.2 Å². The van der Waals surface area contributed by atoms with Gasteiger partial charge in [-0.2, -0.15) is 0 Å². The molecule has 45 heavy (non-hydrogen) atoms. The van der Waals surface area contributed by atoms with Crippen LogP contribution in [0.1, 0.15) is 49.7 Å². The molecule has 0 fully saturated rings. The molecule has 0 radical (unpaired) electrons. The van der Waals surface area contributed by atoms with Gasteiger partial charge in [0.2, 0.25) is 17.7 Å². The maximum atomic E-state index is 13.9. The first-order chi connectivity index (χ1) is 21.6. The third kappa shape index (κ3) is 10.9. The Balaban J connectivity index is 1.87. The first kappa shape index (κ1) is 35.0. The molecule has 4 atom stereocenters. The van der Waals surface area contributed by atoms with Crippen molar-refractivity contribution in [1.29, 1.82) is 0 Å². The highest BCUT2D eigenvalue weighted by atomic mass is 16.4. The van der Waals surface area contributed by atoms with Gasteiger partial charge in [0.1, 0.15) is 23.9 Å². The van der Waals surface area contributed by atoms with Crippen LogP contribution in [0.5, 0.6) is 5.75 Å². The average molecular weight is 624 g/mol. The number of H-pyrrole nitrogens is 1. The lowest BCUT2D eigenvalue weighted by Crippen LogP contribution is -2.58. The Morgan fingerprint density at radius 2 is 1.31 bits per heavy atom. The van der Waals surface area contributed by atoms with Gasteiger partial charge in [-0.25, -0.2) is 4.79 Å². The minimum atomic E-state index is -1.21. The second kappa shape index (κ2) is 17.7. The second-order valence-electron chi connectivity index (χ2n) is 11.1. The van der Waals surface area contributed by atoms with Gasteiger partial charge >= 0.3 is 5.97 Å². The molecule has 0 saturated carbocycles. The molecule has 1 heterocycles.